The van der Waals surface area contributed by atoms with Crippen molar-refractivity contribution < 1.29 is 43.9 Å². The van der Waals surface area contributed by atoms with E-state index in [0.717, 1.165) is 0 Å². The van der Waals surface area contributed by atoms with Gasteiger partial charge in [0.15, 0.2) is 23.3 Å². The Balaban J connectivity index is 2.43. The lowest BCUT2D eigenvalue weighted by Gasteiger charge is -2.15. The minimum atomic E-state index is -5.24. The zero-order valence-corrected chi connectivity index (χ0v) is 14.6. The molecule has 0 aliphatic carbocycles. The van der Waals surface area contributed by atoms with Crippen molar-refractivity contribution in [1.29, 1.82) is 0 Å². The summed E-state index contributed by atoms with van der Waals surface area (Å²) in [7, 11) is 0. The summed E-state index contributed by atoms with van der Waals surface area (Å²) in [6.07, 6.45) is -12.0. The van der Waals surface area contributed by atoms with Crippen LogP contribution in [0.5, 0.6) is 0 Å². The Bertz CT molecular complexity index is 840. The monoisotopic (exact) mass is 458 g/mol. The van der Waals surface area contributed by atoms with Crippen molar-refractivity contribution in [3.63, 3.8) is 0 Å². The molecule has 2 aromatic carbocycles. The average Bonchev–Trinajstić information content (AvgIpc) is 2.54. The lowest BCUT2D eigenvalue weighted by Crippen LogP contribution is -2.13. The Hall–Kier alpha value is -1.68. The highest BCUT2D eigenvalue weighted by Crippen LogP contribution is 2.38. The van der Waals surface area contributed by atoms with Gasteiger partial charge < -0.3 is 0 Å². The standard InChI is InChI=1S/C16H6Cl2F10/c17-9-3-7(15(23,24)25)13(21)11(19)5(9)1-2-6-10(18)4-8(16(26,27)28)14(22)12(6)20/h3-4H,1-2H2. The molecular weight excluding hydrogens is 453 g/mol. The summed E-state index contributed by atoms with van der Waals surface area (Å²) in [6, 6.07) is 0.223. The van der Waals surface area contributed by atoms with Crippen molar-refractivity contribution in [2.75, 3.05) is 0 Å². The van der Waals surface area contributed by atoms with E-state index in [9.17, 15) is 43.9 Å². The van der Waals surface area contributed by atoms with Gasteiger partial charge in [-0.25, -0.2) is 17.6 Å². The molecule has 0 radical (unpaired) electrons. The van der Waals surface area contributed by atoms with Crippen LogP contribution in [0.15, 0.2) is 12.1 Å². The molecule has 28 heavy (non-hydrogen) atoms. The lowest BCUT2D eigenvalue weighted by molar-refractivity contribution is -0.141. The Morgan fingerprint density at radius 1 is 0.571 bits per heavy atom. The third-order valence-corrected chi connectivity index (χ3v) is 4.42. The van der Waals surface area contributed by atoms with E-state index in [-0.39, 0.29) is 12.1 Å². The highest BCUT2D eigenvalue weighted by molar-refractivity contribution is 6.32. The van der Waals surface area contributed by atoms with Crippen molar-refractivity contribution in [1.82, 2.24) is 0 Å². The predicted octanol–water partition coefficient (Wildman–Crippen LogP) is 7.37. The molecule has 0 nitrogen and oxygen atoms in total. The molecule has 0 spiro atoms. The van der Waals surface area contributed by atoms with E-state index in [1.165, 1.54) is 0 Å². The number of alkyl halides is 6. The molecule has 2 aromatic rings. The molecule has 154 valence electrons. The molecule has 12 heteroatoms. The van der Waals surface area contributed by atoms with Gasteiger partial charge in [0.25, 0.3) is 0 Å². The summed E-state index contributed by atoms with van der Waals surface area (Å²) < 4.78 is 131. The molecule has 0 unspecified atom stereocenters. The van der Waals surface area contributed by atoms with E-state index in [1.807, 2.05) is 0 Å². The molecule has 2 rings (SSSR count). The van der Waals surface area contributed by atoms with Crippen molar-refractivity contribution in [2.24, 2.45) is 0 Å². The van der Waals surface area contributed by atoms with Crippen LogP contribution in [-0.4, -0.2) is 0 Å². The second-order valence-electron chi connectivity index (χ2n) is 5.52. The number of hydrogen-bond acceptors (Lipinski definition) is 0. The average molecular weight is 459 g/mol. The van der Waals surface area contributed by atoms with E-state index in [0.29, 0.717) is 0 Å². The molecule has 0 aromatic heterocycles. The normalized spacial score (nSPS) is 12.6. The van der Waals surface area contributed by atoms with Gasteiger partial charge in [0.05, 0.1) is 11.1 Å². The van der Waals surface area contributed by atoms with E-state index in [2.05, 4.69) is 0 Å². The highest BCUT2D eigenvalue weighted by atomic mass is 35.5. The summed E-state index contributed by atoms with van der Waals surface area (Å²) in [6.45, 7) is 0. The predicted molar refractivity (Wildman–Crippen MR) is 80.1 cm³/mol. The topological polar surface area (TPSA) is 0 Å². The first-order chi connectivity index (χ1) is 12.7. The molecule has 0 bridgehead atoms. The fourth-order valence-electron chi connectivity index (χ4n) is 2.39. The van der Waals surface area contributed by atoms with E-state index < -0.39 is 80.8 Å². The van der Waals surface area contributed by atoms with Crippen LogP contribution >= 0.6 is 23.2 Å². The highest BCUT2D eigenvalue weighted by Gasteiger charge is 2.38. The summed E-state index contributed by atoms with van der Waals surface area (Å²) >= 11 is 11.0. The first kappa shape index (κ1) is 22.6. The van der Waals surface area contributed by atoms with Gasteiger partial charge in [0.2, 0.25) is 0 Å². The number of rotatable bonds is 3. The largest absolute Gasteiger partial charge is 0.419 e. The Labute approximate surface area is 160 Å². The van der Waals surface area contributed by atoms with Crippen LogP contribution in [0.2, 0.25) is 10.0 Å². The number of benzene rings is 2. The summed E-state index contributed by atoms with van der Waals surface area (Å²) in [5, 5.41) is -1.70. The molecule has 0 aliphatic heterocycles. The second-order valence-corrected chi connectivity index (χ2v) is 6.33. The smallest absolute Gasteiger partial charge is 0.203 e. The van der Waals surface area contributed by atoms with Gasteiger partial charge in [0.1, 0.15) is 0 Å². The van der Waals surface area contributed by atoms with E-state index in [4.69, 9.17) is 23.2 Å². The lowest BCUT2D eigenvalue weighted by atomic mass is 9.99. The molecular formula is C16H6Cl2F10. The summed E-state index contributed by atoms with van der Waals surface area (Å²) in [5.74, 6) is -8.44. The molecule has 0 N–H and O–H groups in total. The SMILES string of the molecule is Fc1c(C(F)(F)F)cc(Cl)c(CCc2c(Cl)cc(C(F)(F)F)c(F)c2F)c1F. The van der Waals surface area contributed by atoms with Gasteiger partial charge in [-0.3, -0.25) is 0 Å². The minimum absolute atomic E-state index is 0.112. The summed E-state index contributed by atoms with van der Waals surface area (Å²) in [5.41, 5.74) is -5.54. The third-order valence-electron chi connectivity index (χ3n) is 3.74. The molecule has 0 aliphatic rings. The van der Waals surface area contributed by atoms with Crippen molar-refractivity contribution in [3.8, 4) is 0 Å². The quantitative estimate of drug-likeness (QED) is 0.332. The van der Waals surface area contributed by atoms with Crippen molar-refractivity contribution in [3.05, 3.63) is 67.7 Å². The van der Waals surface area contributed by atoms with Crippen LogP contribution in [0.4, 0.5) is 43.9 Å². The fraction of sp³-hybridized carbons (Fsp3) is 0.250. The number of halogens is 12. The first-order valence-electron chi connectivity index (χ1n) is 7.13. The molecule has 0 saturated heterocycles. The van der Waals surface area contributed by atoms with Crippen LogP contribution in [0.1, 0.15) is 22.3 Å². The maximum absolute atomic E-state index is 13.9. The molecule has 0 heterocycles. The Kier molecular flexibility index (Phi) is 6.16. The van der Waals surface area contributed by atoms with Gasteiger partial charge in [-0.1, -0.05) is 23.2 Å². The first-order valence-corrected chi connectivity index (χ1v) is 7.89. The van der Waals surface area contributed by atoms with Crippen molar-refractivity contribution in [2.45, 2.75) is 25.2 Å². The van der Waals surface area contributed by atoms with Crippen LogP contribution in [-0.2, 0) is 25.2 Å². The van der Waals surface area contributed by atoms with Crippen LogP contribution in [0, 0.1) is 23.3 Å². The fourth-order valence-corrected chi connectivity index (χ4v) is 2.96. The van der Waals surface area contributed by atoms with Gasteiger partial charge in [-0.2, -0.15) is 26.3 Å². The van der Waals surface area contributed by atoms with Gasteiger partial charge in [-0.05, 0) is 25.0 Å². The maximum atomic E-state index is 13.9. The zero-order valence-electron chi connectivity index (χ0n) is 13.1. The summed E-state index contributed by atoms with van der Waals surface area (Å²) in [4.78, 5) is 0. The van der Waals surface area contributed by atoms with Crippen LogP contribution < -0.4 is 0 Å². The maximum Gasteiger partial charge on any atom is 0.419 e. The molecule has 0 fully saturated rings. The second kappa shape index (κ2) is 7.62. The van der Waals surface area contributed by atoms with Crippen LogP contribution in [0.25, 0.3) is 0 Å². The van der Waals surface area contributed by atoms with Crippen LogP contribution in [0.3, 0.4) is 0 Å². The molecule has 0 saturated carbocycles. The number of hydrogen-bond donors (Lipinski definition) is 0. The Morgan fingerprint density at radius 2 is 0.857 bits per heavy atom. The van der Waals surface area contributed by atoms with E-state index in [1.54, 1.807) is 0 Å². The van der Waals surface area contributed by atoms with E-state index >= 15 is 0 Å². The van der Waals surface area contributed by atoms with Gasteiger partial charge in [-0.15, -0.1) is 0 Å². The van der Waals surface area contributed by atoms with Gasteiger partial charge in [0, 0.05) is 21.2 Å². The molecule has 0 atom stereocenters. The minimum Gasteiger partial charge on any atom is -0.203 e. The third kappa shape index (κ3) is 4.32. The van der Waals surface area contributed by atoms with Crippen molar-refractivity contribution >= 4 is 23.2 Å². The molecule has 0 amide bonds. The zero-order chi connectivity index (χ0) is 21.6. The van der Waals surface area contributed by atoms with Gasteiger partial charge >= 0.3 is 12.4 Å². The Morgan fingerprint density at radius 3 is 1.11 bits per heavy atom.